The monoisotopic (exact) mass is 397 g/mol. The molecule has 7 heteroatoms. The van der Waals surface area contributed by atoms with Crippen LogP contribution in [0.1, 0.15) is 25.3 Å². The number of rotatable bonds is 4. The van der Waals surface area contributed by atoms with Crippen molar-refractivity contribution in [1.29, 1.82) is 0 Å². The lowest BCUT2D eigenvalue weighted by atomic mass is 10.0. The minimum absolute atomic E-state index is 0.415. The first kappa shape index (κ1) is 18.3. The predicted octanol–water partition coefficient (Wildman–Crippen LogP) is 3.88. The maximum Gasteiger partial charge on any atom is 0.156 e. The molecule has 0 saturated carbocycles. The predicted molar refractivity (Wildman–Crippen MR) is 118 cm³/mol. The van der Waals surface area contributed by atoms with Crippen molar-refractivity contribution in [1.82, 2.24) is 30.0 Å². The van der Waals surface area contributed by atoms with Crippen LogP contribution < -0.4 is 10.2 Å². The smallest absolute Gasteiger partial charge is 0.156 e. The molecule has 7 nitrogen and oxygen atoms in total. The molecule has 150 valence electrons. The molecule has 4 aromatic heterocycles. The van der Waals surface area contributed by atoms with E-state index in [2.05, 4.69) is 51.3 Å². The number of nitrogens with zero attached hydrogens (tertiary/aromatic N) is 6. The molecule has 1 N–H and O–H groups in total. The summed E-state index contributed by atoms with van der Waals surface area (Å²) in [6.07, 6.45) is 11.4. The van der Waals surface area contributed by atoms with E-state index < -0.39 is 0 Å². The summed E-state index contributed by atoms with van der Waals surface area (Å²) in [7, 11) is 0. The van der Waals surface area contributed by atoms with Crippen LogP contribution >= 0.6 is 0 Å². The van der Waals surface area contributed by atoms with Crippen LogP contribution in [-0.4, -0.2) is 37.8 Å². The SMILES string of the molecule is CC(C)c1cncc(-c2cc3c(cn2)cnn3-c2cccc(N3C=CNCC3)n2)c1. The van der Waals surface area contributed by atoms with Crippen molar-refractivity contribution < 1.29 is 0 Å². The Kier molecular flexibility index (Phi) is 4.63. The van der Waals surface area contributed by atoms with Gasteiger partial charge in [-0.15, -0.1) is 0 Å². The zero-order valence-electron chi connectivity index (χ0n) is 17.0. The molecule has 0 radical (unpaired) electrons. The summed E-state index contributed by atoms with van der Waals surface area (Å²) in [5, 5.41) is 8.76. The molecule has 30 heavy (non-hydrogen) atoms. The van der Waals surface area contributed by atoms with Crippen molar-refractivity contribution >= 4 is 16.7 Å². The zero-order chi connectivity index (χ0) is 20.5. The summed E-state index contributed by atoms with van der Waals surface area (Å²) in [4.78, 5) is 16.0. The topological polar surface area (TPSA) is 71.8 Å². The third-order valence-electron chi connectivity index (χ3n) is 5.27. The van der Waals surface area contributed by atoms with E-state index >= 15 is 0 Å². The second-order valence-corrected chi connectivity index (χ2v) is 7.66. The zero-order valence-corrected chi connectivity index (χ0v) is 17.0. The number of hydrogen-bond acceptors (Lipinski definition) is 6. The Morgan fingerprint density at radius 2 is 1.93 bits per heavy atom. The molecule has 4 aromatic rings. The average molecular weight is 397 g/mol. The molecule has 0 bridgehead atoms. The van der Waals surface area contributed by atoms with Gasteiger partial charge in [-0.05, 0) is 35.7 Å². The highest BCUT2D eigenvalue weighted by Gasteiger charge is 2.13. The largest absolute Gasteiger partial charge is 0.388 e. The lowest BCUT2D eigenvalue weighted by Crippen LogP contribution is -2.31. The van der Waals surface area contributed by atoms with Crippen molar-refractivity contribution in [2.24, 2.45) is 0 Å². The van der Waals surface area contributed by atoms with Gasteiger partial charge in [0, 0.05) is 55.0 Å². The molecule has 0 atom stereocenters. The van der Waals surface area contributed by atoms with Gasteiger partial charge in [-0.1, -0.05) is 19.9 Å². The summed E-state index contributed by atoms with van der Waals surface area (Å²) in [5.41, 5.74) is 4.04. The molecular weight excluding hydrogens is 374 g/mol. The van der Waals surface area contributed by atoms with Gasteiger partial charge in [-0.3, -0.25) is 9.97 Å². The number of anilines is 1. The number of fused-ring (bicyclic) bond motifs is 1. The standard InChI is InChI=1S/C23H23N7/c1-16(2)17-10-18(13-25-12-17)20-11-21-19(14-26-20)15-27-30(21)23-5-3-4-22(28-23)29-8-6-24-7-9-29/h3-6,8,10-16,24H,7,9H2,1-2H3. The van der Waals surface area contributed by atoms with Gasteiger partial charge in [-0.25, -0.2) is 9.67 Å². The summed E-state index contributed by atoms with van der Waals surface area (Å²) >= 11 is 0. The van der Waals surface area contributed by atoms with E-state index in [0.717, 1.165) is 46.9 Å². The first-order valence-corrected chi connectivity index (χ1v) is 10.1. The van der Waals surface area contributed by atoms with Crippen molar-refractivity contribution in [3.05, 3.63) is 73.1 Å². The van der Waals surface area contributed by atoms with Gasteiger partial charge >= 0.3 is 0 Å². The van der Waals surface area contributed by atoms with Gasteiger partial charge in [-0.2, -0.15) is 5.10 Å². The third kappa shape index (κ3) is 3.39. The highest BCUT2D eigenvalue weighted by molar-refractivity contribution is 5.83. The van der Waals surface area contributed by atoms with Crippen LogP contribution in [0.5, 0.6) is 0 Å². The average Bonchev–Trinajstić information content (AvgIpc) is 3.23. The fourth-order valence-electron chi connectivity index (χ4n) is 3.54. The van der Waals surface area contributed by atoms with Crippen LogP contribution in [0.2, 0.25) is 0 Å². The van der Waals surface area contributed by atoms with E-state index in [1.807, 2.05) is 60.1 Å². The maximum absolute atomic E-state index is 4.84. The Labute approximate surface area is 175 Å². The van der Waals surface area contributed by atoms with Crippen molar-refractivity contribution in [2.45, 2.75) is 19.8 Å². The maximum atomic E-state index is 4.84. The van der Waals surface area contributed by atoms with Gasteiger partial charge in [0.2, 0.25) is 0 Å². The van der Waals surface area contributed by atoms with E-state index in [0.29, 0.717) is 5.92 Å². The van der Waals surface area contributed by atoms with Gasteiger partial charge in [0.15, 0.2) is 5.82 Å². The summed E-state index contributed by atoms with van der Waals surface area (Å²) in [6.45, 7) is 6.10. The van der Waals surface area contributed by atoms with Gasteiger partial charge in [0.05, 0.1) is 17.4 Å². The molecule has 5 heterocycles. The minimum Gasteiger partial charge on any atom is -0.388 e. The Bertz CT molecular complexity index is 1230. The Hall–Kier alpha value is -3.74. The number of aromatic nitrogens is 5. The van der Waals surface area contributed by atoms with Crippen LogP contribution in [0.3, 0.4) is 0 Å². The summed E-state index contributed by atoms with van der Waals surface area (Å²) in [6, 6.07) is 10.2. The molecule has 1 aliphatic rings. The fraction of sp³-hybridized carbons (Fsp3) is 0.217. The van der Waals surface area contributed by atoms with E-state index in [1.165, 1.54) is 5.56 Å². The number of pyridine rings is 3. The highest BCUT2D eigenvalue weighted by atomic mass is 15.3. The highest BCUT2D eigenvalue weighted by Crippen LogP contribution is 2.26. The normalized spacial score (nSPS) is 13.8. The van der Waals surface area contributed by atoms with Gasteiger partial charge in [0.25, 0.3) is 0 Å². The second-order valence-electron chi connectivity index (χ2n) is 7.66. The van der Waals surface area contributed by atoms with Crippen LogP contribution in [0.4, 0.5) is 5.82 Å². The Morgan fingerprint density at radius 1 is 1.03 bits per heavy atom. The van der Waals surface area contributed by atoms with Gasteiger partial charge in [0.1, 0.15) is 5.82 Å². The third-order valence-corrected chi connectivity index (χ3v) is 5.27. The lowest BCUT2D eigenvalue weighted by Gasteiger charge is -2.23. The first-order chi connectivity index (χ1) is 14.7. The molecule has 0 unspecified atom stereocenters. The van der Waals surface area contributed by atoms with Crippen LogP contribution in [0.25, 0.3) is 28.0 Å². The summed E-state index contributed by atoms with van der Waals surface area (Å²) in [5.74, 6) is 2.09. The second kappa shape index (κ2) is 7.59. The number of nitrogens with one attached hydrogen (secondary N) is 1. The molecule has 1 aliphatic heterocycles. The van der Waals surface area contributed by atoms with E-state index in [1.54, 1.807) is 0 Å². The van der Waals surface area contributed by atoms with Crippen LogP contribution in [0.15, 0.2) is 67.5 Å². The van der Waals surface area contributed by atoms with E-state index in [-0.39, 0.29) is 0 Å². The molecular formula is C23H23N7. The quantitative estimate of drug-likeness (QED) is 0.563. The molecule has 0 aliphatic carbocycles. The fourth-order valence-corrected chi connectivity index (χ4v) is 3.54. The molecule has 5 rings (SSSR count). The lowest BCUT2D eigenvalue weighted by molar-refractivity contribution is 0.765. The van der Waals surface area contributed by atoms with E-state index in [4.69, 9.17) is 4.98 Å². The number of hydrogen-bond donors (Lipinski definition) is 1. The first-order valence-electron chi connectivity index (χ1n) is 10.1. The Morgan fingerprint density at radius 3 is 2.77 bits per heavy atom. The molecule has 0 amide bonds. The summed E-state index contributed by atoms with van der Waals surface area (Å²) < 4.78 is 1.87. The van der Waals surface area contributed by atoms with Gasteiger partial charge < -0.3 is 10.2 Å². The molecule has 0 saturated heterocycles. The molecule has 0 spiro atoms. The van der Waals surface area contributed by atoms with Crippen molar-refractivity contribution in [3.8, 4) is 17.1 Å². The van der Waals surface area contributed by atoms with Crippen molar-refractivity contribution in [3.63, 3.8) is 0 Å². The minimum atomic E-state index is 0.415. The molecule has 0 aromatic carbocycles. The van der Waals surface area contributed by atoms with Crippen LogP contribution in [-0.2, 0) is 0 Å². The van der Waals surface area contributed by atoms with Crippen molar-refractivity contribution in [2.75, 3.05) is 18.0 Å². The van der Waals surface area contributed by atoms with E-state index in [9.17, 15) is 0 Å². The Balaban J connectivity index is 1.56. The molecule has 0 fully saturated rings. The van der Waals surface area contributed by atoms with Crippen LogP contribution in [0, 0.1) is 0 Å².